The van der Waals surface area contributed by atoms with Gasteiger partial charge in [-0.15, -0.1) is 0 Å². The van der Waals surface area contributed by atoms with E-state index in [1.807, 2.05) is 51.1 Å². The Bertz CT molecular complexity index is 1130. The molecule has 0 aliphatic heterocycles. The first-order valence-electron chi connectivity index (χ1n) is 11.7. The van der Waals surface area contributed by atoms with Crippen LogP contribution in [-0.4, -0.2) is 29.8 Å². The summed E-state index contributed by atoms with van der Waals surface area (Å²) in [5.74, 6) is -0.819. The zero-order valence-corrected chi connectivity index (χ0v) is 20.9. The van der Waals surface area contributed by atoms with Crippen molar-refractivity contribution < 1.29 is 18.8 Å². The van der Waals surface area contributed by atoms with Gasteiger partial charge in [-0.05, 0) is 62.1 Å². The number of carbonyl (C=O) groups is 3. The molecule has 1 atom stereocenters. The predicted octanol–water partition coefficient (Wildman–Crippen LogP) is 4.82. The first-order chi connectivity index (χ1) is 16.6. The number of carbonyl (C=O) groups excluding carboxylic acids is 3. The van der Waals surface area contributed by atoms with Crippen molar-refractivity contribution in [2.75, 3.05) is 11.4 Å². The number of furan rings is 1. The number of nitrogens with zero attached hydrogens (tertiary/aromatic N) is 1. The maximum absolute atomic E-state index is 13.6. The fraction of sp³-hybridized carbons (Fsp3) is 0.321. The Morgan fingerprint density at radius 1 is 0.886 bits per heavy atom. The van der Waals surface area contributed by atoms with Crippen molar-refractivity contribution in [3.8, 4) is 0 Å². The minimum Gasteiger partial charge on any atom is -0.459 e. The third-order valence-corrected chi connectivity index (χ3v) is 5.37. The molecule has 2 N–H and O–H groups in total. The van der Waals surface area contributed by atoms with Crippen LogP contribution < -0.4 is 15.5 Å². The fourth-order valence-corrected chi connectivity index (χ4v) is 3.68. The van der Waals surface area contributed by atoms with Crippen molar-refractivity contribution in [2.45, 2.75) is 52.1 Å². The average molecular weight is 476 g/mol. The van der Waals surface area contributed by atoms with Crippen LogP contribution in [-0.2, 0) is 9.59 Å². The molecule has 3 rings (SSSR count). The van der Waals surface area contributed by atoms with Gasteiger partial charge in [-0.3, -0.25) is 19.3 Å². The summed E-state index contributed by atoms with van der Waals surface area (Å²) in [7, 11) is 0. The Kier molecular flexibility index (Phi) is 8.12. The maximum atomic E-state index is 13.6. The predicted molar refractivity (Wildman–Crippen MR) is 136 cm³/mol. The molecule has 0 aliphatic carbocycles. The molecule has 184 valence electrons. The molecule has 7 nitrogen and oxygen atoms in total. The standard InChI is InChI=1S/C28H33N3O4/c1-19(2)20-13-15-21(16-14-20)25(27(34)30-28(3,4)5)31(22-10-7-6-8-11-22)24(32)18-29-26(33)23-12-9-17-35-23/h6-17,19,25H,18H2,1-5H3,(H,29,33)(H,30,34)/t25-/m1/s1. The molecule has 1 heterocycles. The zero-order chi connectivity index (χ0) is 25.6. The lowest BCUT2D eigenvalue weighted by atomic mass is 9.96. The van der Waals surface area contributed by atoms with Crippen LogP contribution in [0, 0.1) is 0 Å². The summed E-state index contributed by atoms with van der Waals surface area (Å²) < 4.78 is 5.11. The molecule has 0 saturated carbocycles. The minimum absolute atomic E-state index is 0.107. The lowest BCUT2D eigenvalue weighted by Gasteiger charge is -2.34. The Balaban J connectivity index is 2.00. The van der Waals surface area contributed by atoms with Crippen LogP contribution in [0.15, 0.2) is 77.4 Å². The second kappa shape index (κ2) is 11.0. The summed E-state index contributed by atoms with van der Waals surface area (Å²) in [4.78, 5) is 41.0. The van der Waals surface area contributed by atoms with Crippen LogP contribution in [0.25, 0.3) is 0 Å². The van der Waals surface area contributed by atoms with E-state index in [4.69, 9.17) is 4.42 Å². The lowest BCUT2D eigenvalue weighted by molar-refractivity contribution is -0.127. The Morgan fingerprint density at radius 2 is 1.51 bits per heavy atom. The van der Waals surface area contributed by atoms with E-state index in [0.717, 1.165) is 5.56 Å². The smallest absolute Gasteiger partial charge is 0.287 e. The molecule has 0 spiro atoms. The van der Waals surface area contributed by atoms with Crippen molar-refractivity contribution in [3.63, 3.8) is 0 Å². The average Bonchev–Trinajstić information content (AvgIpc) is 3.35. The van der Waals surface area contributed by atoms with Crippen molar-refractivity contribution in [1.29, 1.82) is 0 Å². The largest absolute Gasteiger partial charge is 0.459 e. The highest BCUT2D eigenvalue weighted by Crippen LogP contribution is 2.29. The number of rotatable bonds is 8. The topological polar surface area (TPSA) is 91.7 Å². The summed E-state index contributed by atoms with van der Waals surface area (Å²) in [6.45, 7) is 9.56. The molecular formula is C28H33N3O4. The van der Waals surface area contributed by atoms with E-state index in [1.54, 1.807) is 30.3 Å². The van der Waals surface area contributed by atoms with Crippen molar-refractivity contribution in [2.24, 2.45) is 0 Å². The molecule has 0 aliphatic rings. The number of para-hydroxylation sites is 1. The normalized spacial score (nSPS) is 12.2. The van der Waals surface area contributed by atoms with Crippen LogP contribution >= 0.6 is 0 Å². The lowest BCUT2D eigenvalue weighted by Crippen LogP contribution is -2.51. The van der Waals surface area contributed by atoms with E-state index in [-0.39, 0.29) is 18.2 Å². The summed E-state index contributed by atoms with van der Waals surface area (Å²) in [5, 5.41) is 5.61. The van der Waals surface area contributed by atoms with Crippen LogP contribution in [0.5, 0.6) is 0 Å². The van der Waals surface area contributed by atoms with Gasteiger partial charge in [0, 0.05) is 11.2 Å². The number of nitrogens with one attached hydrogen (secondary N) is 2. The zero-order valence-electron chi connectivity index (χ0n) is 20.9. The second-order valence-electron chi connectivity index (χ2n) is 9.72. The number of anilines is 1. The van der Waals surface area contributed by atoms with Crippen LogP contribution in [0.2, 0.25) is 0 Å². The van der Waals surface area contributed by atoms with E-state index < -0.39 is 23.4 Å². The third-order valence-electron chi connectivity index (χ3n) is 5.37. The second-order valence-corrected chi connectivity index (χ2v) is 9.72. The Morgan fingerprint density at radius 3 is 2.06 bits per heavy atom. The van der Waals surface area contributed by atoms with E-state index >= 15 is 0 Å². The third kappa shape index (κ3) is 6.82. The minimum atomic E-state index is -0.939. The maximum Gasteiger partial charge on any atom is 0.287 e. The highest BCUT2D eigenvalue weighted by atomic mass is 16.3. The van der Waals surface area contributed by atoms with E-state index in [2.05, 4.69) is 24.5 Å². The van der Waals surface area contributed by atoms with E-state index in [0.29, 0.717) is 17.2 Å². The molecule has 0 fully saturated rings. The molecule has 0 radical (unpaired) electrons. The first-order valence-corrected chi connectivity index (χ1v) is 11.7. The monoisotopic (exact) mass is 475 g/mol. The summed E-state index contributed by atoms with van der Waals surface area (Å²) in [6.07, 6.45) is 1.39. The van der Waals surface area contributed by atoms with Crippen molar-refractivity contribution >= 4 is 23.4 Å². The van der Waals surface area contributed by atoms with E-state index in [9.17, 15) is 14.4 Å². The van der Waals surface area contributed by atoms with Crippen LogP contribution in [0.1, 0.15) is 68.3 Å². The first kappa shape index (κ1) is 25.7. The SMILES string of the molecule is CC(C)c1ccc([C@H](C(=O)NC(C)(C)C)N(C(=O)CNC(=O)c2ccco2)c2ccccc2)cc1. The Labute approximate surface area is 206 Å². The van der Waals surface area contributed by atoms with Gasteiger partial charge in [0.25, 0.3) is 5.91 Å². The number of hydrogen-bond acceptors (Lipinski definition) is 4. The number of amides is 3. The highest BCUT2D eigenvalue weighted by Gasteiger charge is 2.34. The summed E-state index contributed by atoms with van der Waals surface area (Å²) >= 11 is 0. The molecule has 0 saturated heterocycles. The number of hydrogen-bond donors (Lipinski definition) is 2. The number of benzene rings is 2. The van der Waals surface area contributed by atoms with Crippen LogP contribution in [0.4, 0.5) is 5.69 Å². The van der Waals surface area contributed by atoms with Gasteiger partial charge in [0.05, 0.1) is 12.8 Å². The molecular weight excluding hydrogens is 442 g/mol. The molecule has 1 aromatic heterocycles. The van der Waals surface area contributed by atoms with E-state index in [1.165, 1.54) is 17.2 Å². The molecule has 2 aromatic carbocycles. The van der Waals surface area contributed by atoms with Gasteiger partial charge in [-0.2, -0.15) is 0 Å². The molecule has 3 amide bonds. The summed E-state index contributed by atoms with van der Waals surface area (Å²) in [6, 6.07) is 18.9. The van der Waals surface area contributed by atoms with Gasteiger partial charge in [-0.25, -0.2) is 0 Å². The molecule has 0 bridgehead atoms. The van der Waals surface area contributed by atoms with Gasteiger partial charge >= 0.3 is 0 Å². The fourth-order valence-electron chi connectivity index (χ4n) is 3.68. The highest BCUT2D eigenvalue weighted by molar-refractivity contribution is 6.04. The van der Waals surface area contributed by atoms with Crippen molar-refractivity contribution in [1.82, 2.24) is 10.6 Å². The van der Waals surface area contributed by atoms with Gasteiger partial charge in [0.15, 0.2) is 5.76 Å². The summed E-state index contributed by atoms with van der Waals surface area (Å²) in [5.41, 5.74) is 1.84. The van der Waals surface area contributed by atoms with Crippen molar-refractivity contribution in [3.05, 3.63) is 89.9 Å². The molecule has 35 heavy (non-hydrogen) atoms. The van der Waals surface area contributed by atoms with Gasteiger partial charge in [0.1, 0.15) is 6.04 Å². The molecule has 3 aromatic rings. The molecule has 0 unspecified atom stereocenters. The van der Waals surface area contributed by atoms with Crippen LogP contribution in [0.3, 0.4) is 0 Å². The van der Waals surface area contributed by atoms with Gasteiger partial charge in [-0.1, -0.05) is 56.3 Å². The quantitative estimate of drug-likeness (QED) is 0.489. The molecule has 7 heteroatoms. The van der Waals surface area contributed by atoms with Gasteiger partial charge in [0.2, 0.25) is 11.8 Å². The van der Waals surface area contributed by atoms with Gasteiger partial charge < -0.3 is 15.1 Å². The Hall–Kier alpha value is -3.87.